The normalized spacial score (nSPS) is 18.2. The molecule has 1 aromatic heterocycles. The van der Waals surface area contributed by atoms with Gasteiger partial charge in [-0.05, 0) is 44.0 Å². The SMILES string of the molecule is CC(C)CN1CCC(C(=O)c2cccnn2)CC1. The molecule has 1 fully saturated rings. The first-order chi connectivity index (χ1) is 8.66. The number of carbonyl (C=O) groups is 1. The van der Waals surface area contributed by atoms with Gasteiger partial charge in [-0.15, -0.1) is 5.10 Å². The highest BCUT2D eigenvalue weighted by Crippen LogP contribution is 2.21. The minimum absolute atomic E-state index is 0.130. The van der Waals surface area contributed by atoms with Crippen molar-refractivity contribution in [1.29, 1.82) is 0 Å². The molecule has 4 nitrogen and oxygen atoms in total. The Kier molecular flexibility index (Phi) is 4.42. The second kappa shape index (κ2) is 6.05. The molecule has 0 spiro atoms. The van der Waals surface area contributed by atoms with Crippen molar-refractivity contribution in [3.8, 4) is 0 Å². The van der Waals surface area contributed by atoms with Gasteiger partial charge in [0.2, 0.25) is 0 Å². The van der Waals surface area contributed by atoms with Crippen molar-refractivity contribution >= 4 is 5.78 Å². The van der Waals surface area contributed by atoms with Crippen LogP contribution in [0.4, 0.5) is 0 Å². The van der Waals surface area contributed by atoms with E-state index < -0.39 is 0 Å². The molecule has 1 aliphatic rings. The van der Waals surface area contributed by atoms with E-state index in [1.165, 1.54) is 0 Å². The molecule has 0 bridgehead atoms. The number of rotatable bonds is 4. The monoisotopic (exact) mass is 247 g/mol. The molecule has 18 heavy (non-hydrogen) atoms. The Morgan fingerprint density at radius 3 is 2.72 bits per heavy atom. The van der Waals surface area contributed by atoms with E-state index in [0.29, 0.717) is 11.6 Å². The number of Topliss-reactive ketones (excluding diaryl/α,β-unsaturated/α-hetero) is 1. The fraction of sp³-hybridized carbons (Fsp3) is 0.643. The van der Waals surface area contributed by atoms with Gasteiger partial charge in [-0.25, -0.2) is 0 Å². The molecule has 0 radical (unpaired) electrons. The van der Waals surface area contributed by atoms with Gasteiger partial charge in [-0.3, -0.25) is 4.79 Å². The molecular formula is C14H21N3O. The smallest absolute Gasteiger partial charge is 0.186 e. The van der Waals surface area contributed by atoms with Crippen molar-refractivity contribution in [3.63, 3.8) is 0 Å². The van der Waals surface area contributed by atoms with Crippen molar-refractivity contribution < 1.29 is 4.79 Å². The third-order valence-electron chi connectivity index (χ3n) is 3.41. The molecule has 0 saturated carbocycles. The van der Waals surface area contributed by atoms with Crippen molar-refractivity contribution in [2.45, 2.75) is 26.7 Å². The largest absolute Gasteiger partial charge is 0.303 e. The molecule has 0 aliphatic carbocycles. The van der Waals surface area contributed by atoms with Gasteiger partial charge < -0.3 is 4.90 Å². The van der Waals surface area contributed by atoms with E-state index in [2.05, 4.69) is 28.9 Å². The molecule has 1 aromatic rings. The Balaban J connectivity index is 1.88. The standard InChI is InChI=1S/C14H21N3O/c1-11(2)10-17-8-5-12(6-9-17)14(18)13-4-3-7-15-16-13/h3-4,7,11-12H,5-6,8-10H2,1-2H3. The fourth-order valence-electron chi connectivity index (χ4n) is 2.54. The number of aromatic nitrogens is 2. The molecular weight excluding hydrogens is 226 g/mol. The van der Waals surface area contributed by atoms with Gasteiger partial charge in [0.1, 0.15) is 5.69 Å². The molecule has 2 heterocycles. The number of likely N-dealkylation sites (tertiary alicyclic amines) is 1. The van der Waals surface area contributed by atoms with Crippen LogP contribution in [0.1, 0.15) is 37.2 Å². The van der Waals surface area contributed by atoms with E-state index in [-0.39, 0.29) is 11.7 Å². The van der Waals surface area contributed by atoms with Crippen LogP contribution < -0.4 is 0 Å². The third kappa shape index (κ3) is 3.35. The summed E-state index contributed by atoms with van der Waals surface area (Å²) in [5.74, 6) is 0.981. The number of ketones is 1. The lowest BCUT2D eigenvalue weighted by Gasteiger charge is -2.32. The zero-order chi connectivity index (χ0) is 13.0. The highest BCUT2D eigenvalue weighted by molar-refractivity contribution is 5.95. The minimum Gasteiger partial charge on any atom is -0.303 e. The minimum atomic E-state index is 0.130. The van der Waals surface area contributed by atoms with Crippen molar-refractivity contribution in [1.82, 2.24) is 15.1 Å². The highest BCUT2D eigenvalue weighted by Gasteiger charge is 2.26. The maximum absolute atomic E-state index is 12.2. The van der Waals surface area contributed by atoms with Crippen LogP contribution in [0, 0.1) is 11.8 Å². The molecule has 0 unspecified atom stereocenters. The predicted molar refractivity (Wildman–Crippen MR) is 70.4 cm³/mol. The van der Waals surface area contributed by atoms with Crippen LogP contribution >= 0.6 is 0 Å². The lowest BCUT2D eigenvalue weighted by atomic mass is 9.90. The summed E-state index contributed by atoms with van der Waals surface area (Å²) in [7, 11) is 0. The number of hydrogen-bond acceptors (Lipinski definition) is 4. The van der Waals surface area contributed by atoms with Gasteiger partial charge in [0, 0.05) is 18.7 Å². The predicted octanol–water partition coefficient (Wildman–Crippen LogP) is 2.03. The first-order valence-corrected chi connectivity index (χ1v) is 6.71. The van der Waals surface area contributed by atoms with Crippen LogP contribution in [-0.2, 0) is 0 Å². The summed E-state index contributed by atoms with van der Waals surface area (Å²) < 4.78 is 0. The summed E-state index contributed by atoms with van der Waals surface area (Å²) in [5, 5.41) is 7.68. The summed E-state index contributed by atoms with van der Waals surface area (Å²) >= 11 is 0. The molecule has 0 amide bonds. The lowest BCUT2D eigenvalue weighted by molar-refractivity contribution is 0.0825. The molecule has 2 rings (SSSR count). The zero-order valence-electron chi connectivity index (χ0n) is 11.2. The van der Waals surface area contributed by atoms with E-state index in [1.54, 1.807) is 18.3 Å². The Labute approximate surface area is 108 Å². The Morgan fingerprint density at radius 1 is 1.44 bits per heavy atom. The molecule has 0 N–H and O–H groups in total. The zero-order valence-corrected chi connectivity index (χ0v) is 11.2. The average Bonchev–Trinajstić information content (AvgIpc) is 2.39. The van der Waals surface area contributed by atoms with Crippen molar-refractivity contribution in [2.75, 3.05) is 19.6 Å². The van der Waals surface area contributed by atoms with E-state index in [9.17, 15) is 4.79 Å². The average molecular weight is 247 g/mol. The highest BCUT2D eigenvalue weighted by atomic mass is 16.1. The van der Waals surface area contributed by atoms with Crippen molar-refractivity contribution in [2.24, 2.45) is 11.8 Å². The Hall–Kier alpha value is -1.29. The molecule has 0 aromatic carbocycles. The topological polar surface area (TPSA) is 46.1 Å². The second-order valence-electron chi connectivity index (χ2n) is 5.44. The summed E-state index contributed by atoms with van der Waals surface area (Å²) in [6.07, 6.45) is 3.49. The van der Waals surface area contributed by atoms with Gasteiger partial charge in [0.25, 0.3) is 0 Å². The number of nitrogens with zero attached hydrogens (tertiary/aromatic N) is 3. The molecule has 1 aliphatic heterocycles. The second-order valence-corrected chi connectivity index (χ2v) is 5.44. The summed E-state index contributed by atoms with van der Waals surface area (Å²) in [4.78, 5) is 14.7. The maximum atomic E-state index is 12.2. The number of carbonyl (C=O) groups excluding carboxylic acids is 1. The summed E-state index contributed by atoms with van der Waals surface area (Å²) in [5.41, 5.74) is 0.514. The van der Waals surface area contributed by atoms with Crippen molar-refractivity contribution in [3.05, 3.63) is 24.0 Å². The third-order valence-corrected chi connectivity index (χ3v) is 3.41. The number of piperidine rings is 1. The van der Waals surface area contributed by atoms with Crippen LogP contribution in [-0.4, -0.2) is 40.5 Å². The Bertz CT molecular complexity index is 383. The van der Waals surface area contributed by atoms with Crippen LogP contribution in [0.3, 0.4) is 0 Å². The van der Waals surface area contributed by atoms with E-state index >= 15 is 0 Å². The fourth-order valence-corrected chi connectivity index (χ4v) is 2.54. The maximum Gasteiger partial charge on any atom is 0.186 e. The van der Waals surface area contributed by atoms with Gasteiger partial charge in [0.15, 0.2) is 5.78 Å². The molecule has 0 atom stereocenters. The van der Waals surface area contributed by atoms with E-state index in [0.717, 1.165) is 32.5 Å². The van der Waals surface area contributed by atoms with E-state index in [1.807, 2.05) is 0 Å². The summed E-state index contributed by atoms with van der Waals surface area (Å²) in [6, 6.07) is 3.53. The summed E-state index contributed by atoms with van der Waals surface area (Å²) in [6.45, 7) is 7.64. The van der Waals surface area contributed by atoms with Gasteiger partial charge in [-0.1, -0.05) is 13.8 Å². The first kappa shape index (κ1) is 13.1. The van der Waals surface area contributed by atoms with Gasteiger partial charge in [-0.2, -0.15) is 5.10 Å². The van der Waals surface area contributed by atoms with Crippen LogP contribution in [0.2, 0.25) is 0 Å². The van der Waals surface area contributed by atoms with Gasteiger partial charge >= 0.3 is 0 Å². The van der Waals surface area contributed by atoms with Gasteiger partial charge in [0.05, 0.1) is 0 Å². The van der Waals surface area contributed by atoms with Crippen LogP contribution in [0.25, 0.3) is 0 Å². The van der Waals surface area contributed by atoms with Crippen LogP contribution in [0.5, 0.6) is 0 Å². The first-order valence-electron chi connectivity index (χ1n) is 6.71. The Morgan fingerprint density at radius 2 is 2.17 bits per heavy atom. The quantitative estimate of drug-likeness (QED) is 0.764. The number of hydrogen-bond donors (Lipinski definition) is 0. The molecule has 4 heteroatoms. The lowest BCUT2D eigenvalue weighted by Crippen LogP contribution is -2.38. The molecule has 1 saturated heterocycles. The van der Waals surface area contributed by atoms with Crippen LogP contribution in [0.15, 0.2) is 18.3 Å². The molecule has 98 valence electrons. The van der Waals surface area contributed by atoms with E-state index in [4.69, 9.17) is 0 Å².